The molecule has 0 aromatic rings. The van der Waals surface area contributed by atoms with Gasteiger partial charge in [0, 0.05) is 67.5 Å². The number of carbonyl (C=O) groups is 2. The largest absolute Gasteiger partial charge is 3.00 e. The monoisotopic (exact) mass is 621 g/mol. The summed E-state index contributed by atoms with van der Waals surface area (Å²) in [5.41, 5.74) is 1.89. The molecule has 4 aliphatic rings. The van der Waals surface area contributed by atoms with Gasteiger partial charge in [-0.3, -0.25) is 9.59 Å². The third-order valence-electron chi connectivity index (χ3n) is 6.38. The van der Waals surface area contributed by atoms with Gasteiger partial charge in [0.05, 0.1) is 5.70 Å². The Morgan fingerprint density at radius 2 is 0.872 bits per heavy atom. The van der Waals surface area contributed by atoms with E-state index in [2.05, 4.69) is 0 Å². The van der Waals surface area contributed by atoms with Gasteiger partial charge in [-0.1, -0.05) is 41.5 Å². The second-order valence-corrected chi connectivity index (χ2v) is 17.9. The van der Waals surface area contributed by atoms with E-state index in [4.69, 9.17) is 0 Å². The molecule has 0 amide bonds. The van der Waals surface area contributed by atoms with Crippen LogP contribution in [0.3, 0.4) is 0 Å². The van der Waals surface area contributed by atoms with Crippen LogP contribution in [0.1, 0.15) is 41.5 Å². The van der Waals surface area contributed by atoms with Crippen molar-refractivity contribution < 1.29 is 38.0 Å². The summed E-state index contributed by atoms with van der Waals surface area (Å²) < 4.78 is 31.2. The molecule has 3 saturated heterocycles. The van der Waals surface area contributed by atoms with Crippen molar-refractivity contribution in [3.05, 3.63) is 23.2 Å². The SMILES string of the molecule is CCP(=O)([O-])CC.CCP(=O)([O-])CC.CCP(=O)([O-])CC.O=C1C=C(N2CC2)C(=O)C(N2CC2)=C1N1CC1.[Al+3]. The number of rotatable bonds is 9. The first-order valence-corrected chi connectivity index (χ1v) is 19.3. The molecule has 0 unspecified atom stereocenters. The Balaban J connectivity index is 0.000000559. The summed E-state index contributed by atoms with van der Waals surface area (Å²) in [5.74, 6) is 0.0485. The zero-order valence-corrected chi connectivity index (χ0v) is 27.9. The maximum absolute atomic E-state index is 12.4. The van der Waals surface area contributed by atoms with Crippen molar-refractivity contribution in [2.45, 2.75) is 41.5 Å². The first-order valence-electron chi connectivity index (χ1n) is 13.3. The number of allylic oxidation sites excluding steroid dienone is 1. The van der Waals surface area contributed by atoms with E-state index in [0.717, 1.165) is 39.3 Å². The van der Waals surface area contributed by atoms with E-state index >= 15 is 0 Å². The molecule has 39 heavy (non-hydrogen) atoms. The predicted molar refractivity (Wildman–Crippen MR) is 152 cm³/mol. The average Bonchev–Trinajstić information content (AvgIpc) is 3.74. The van der Waals surface area contributed by atoms with Gasteiger partial charge >= 0.3 is 17.4 Å². The van der Waals surface area contributed by atoms with Gasteiger partial charge in [-0.15, -0.1) is 0 Å². The molecule has 3 heterocycles. The third-order valence-corrected chi connectivity index (χ3v) is 12.2. The Labute approximate surface area is 244 Å². The van der Waals surface area contributed by atoms with Crippen LogP contribution in [0.25, 0.3) is 0 Å². The standard InChI is InChI=1S/C12H13N3O2.3C4H11O2P.Al/c16-9-7-8(13-1-2-13)12(17)11(15-5-6-15)10(9)14-3-4-14;3*1-3-7(5,6)4-2;/h7H,1-6H2;3*3-4H2,1-2H3,(H,5,6);/q;;;;+3/p-3. The van der Waals surface area contributed by atoms with Gasteiger partial charge in [-0.25, -0.2) is 0 Å². The molecule has 0 aromatic carbocycles. The molecule has 3 aliphatic heterocycles. The summed E-state index contributed by atoms with van der Waals surface area (Å²) in [6.07, 6.45) is 3.29. The molecule has 220 valence electrons. The fourth-order valence-corrected chi connectivity index (χ4v) is 4.29. The van der Waals surface area contributed by atoms with E-state index in [0.29, 0.717) is 54.1 Å². The number of hydrogen-bond acceptors (Lipinski definition) is 11. The topological polar surface area (TPSA) is 164 Å². The molecule has 0 radical (unpaired) electrons. The van der Waals surface area contributed by atoms with Crippen LogP contribution in [0, 0.1) is 0 Å². The van der Waals surface area contributed by atoms with Crippen LogP contribution in [0.4, 0.5) is 0 Å². The summed E-state index contributed by atoms with van der Waals surface area (Å²) in [6, 6.07) is 0. The molecule has 0 N–H and O–H groups in total. The Bertz CT molecular complexity index is 972. The molecule has 0 aromatic heterocycles. The van der Waals surface area contributed by atoms with Gasteiger partial charge in [0.1, 0.15) is 11.4 Å². The minimum Gasteiger partial charge on any atom is -0.799 e. The summed E-state index contributed by atoms with van der Waals surface area (Å²) in [5, 5.41) is 0. The fourth-order valence-electron chi connectivity index (χ4n) is 2.95. The number of ketones is 2. The summed E-state index contributed by atoms with van der Waals surface area (Å²) in [7, 11) is -8.71. The molecule has 0 bridgehead atoms. The maximum atomic E-state index is 12.4. The van der Waals surface area contributed by atoms with Crippen molar-refractivity contribution in [1.29, 1.82) is 0 Å². The van der Waals surface area contributed by atoms with E-state index < -0.39 is 22.1 Å². The molecule has 15 heteroatoms. The molecular formula is C24H43AlN3O8P3. The Kier molecular flexibility index (Phi) is 16.4. The molecule has 1 aliphatic carbocycles. The Hall–Kier alpha value is -0.678. The van der Waals surface area contributed by atoms with Crippen LogP contribution >= 0.6 is 22.1 Å². The first-order chi connectivity index (χ1) is 17.6. The average molecular weight is 622 g/mol. The summed E-state index contributed by atoms with van der Waals surface area (Å²) in [6.45, 7) is 15.4. The van der Waals surface area contributed by atoms with Gasteiger partial charge in [0.2, 0.25) is 11.6 Å². The van der Waals surface area contributed by atoms with Crippen molar-refractivity contribution in [1.82, 2.24) is 14.7 Å². The van der Waals surface area contributed by atoms with E-state index in [1.165, 1.54) is 6.08 Å². The van der Waals surface area contributed by atoms with Crippen molar-refractivity contribution in [2.24, 2.45) is 0 Å². The van der Waals surface area contributed by atoms with E-state index in [1.807, 2.05) is 14.7 Å². The summed E-state index contributed by atoms with van der Waals surface area (Å²) >= 11 is 0. The molecular weight excluding hydrogens is 578 g/mol. The van der Waals surface area contributed by atoms with Crippen LogP contribution in [-0.2, 0) is 23.3 Å². The van der Waals surface area contributed by atoms with Gasteiger partial charge < -0.3 is 43.1 Å². The van der Waals surface area contributed by atoms with Crippen molar-refractivity contribution in [2.75, 3.05) is 76.2 Å². The normalized spacial score (nSPS) is 18.0. The smallest absolute Gasteiger partial charge is 0.799 e. The van der Waals surface area contributed by atoms with Crippen LogP contribution in [0.2, 0.25) is 0 Å². The zero-order valence-electron chi connectivity index (χ0n) is 24.1. The molecule has 0 spiro atoms. The molecule has 0 atom stereocenters. The van der Waals surface area contributed by atoms with Crippen molar-refractivity contribution in [3.63, 3.8) is 0 Å². The Morgan fingerprint density at radius 1 is 0.590 bits per heavy atom. The number of Topliss-reactive ketones (excluding diaryl/α,β-unsaturated/α-hetero) is 1. The zero-order chi connectivity index (χ0) is 29.3. The first kappa shape index (κ1) is 38.3. The minimum atomic E-state index is -2.90. The predicted octanol–water partition coefficient (Wildman–Crippen LogP) is 0.794. The second-order valence-electron chi connectivity index (χ2n) is 9.22. The van der Waals surface area contributed by atoms with Gasteiger partial charge in [-0.2, -0.15) is 0 Å². The van der Waals surface area contributed by atoms with E-state index in [-0.39, 0.29) is 28.9 Å². The third kappa shape index (κ3) is 13.7. The van der Waals surface area contributed by atoms with Crippen LogP contribution < -0.4 is 14.7 Å². The molecule has 3 fully saturated rings. The van der Waals surface area contributed by atoms with E-state index in [1.54, 1.807) is 41.5 Å². The van der Waals surface area contributed by atoms with Crippen molar-refractivity contribution in [3.8, 4) is 0 Å². The van der Waals surface area contributed by atoms with E-state index in [9.17, 15) is 38.0 Å². The van der Waals surface area contributed by atoms with Gasteiger partial charge in [-0.05, 0) is 37.0 Å². The maximum Gasteiger partial charge on any atom is 3.00 e. The molecule has 0 saturated carbocycles. The van der Waals surface area contributed by atoms with Crippen LogP contribution in [0.5, 0.6) is 0 Å². The fraction of sp³-hybridized carbons (Fsp3) is 0.750. The van der Waals surface area contributed by atoms with Gasteiger partial charge in [0.25, 0.3) is 0 Å². The second kappa shape index (κ2) is 16.7. The number of carbonyl (C=O) groups excluding carboxylic acids is 2. The van der Waals surface area contributed by atoms with Crippen molar-refractivity contribution >= 4 is 51.0 Å². The van der Waals surface area contributed by atoms with Crippen LogP contribution in [0.15, 0.2) is 23.2 Å². The summed E-state index contributed by atoms with van der Waals surface area (Å²) in [4.78, 5) is 61.7. The quantitative estimate of drug-likeness (QED) is 0.155. The molecule has 11 nitrogen and oxygen atoms in total. The number of hydrogen-bond donors (Lipinski definition) is 0. The number of nitrogens with zero attached hydrogens (tertiary/aromatic N) is 3. The Morgan fingerprint density at radius 3 is 1.10 bits per heavy atom. The van der Waals surface area contributed by atoms with Gasteiger partial charge in [0.15, 0.2) is 0 Å². The van der Waals surface area contributed by atoms with Crippen LogP contribution in [-0.4, -0.2) is 120 Å². The minimum absolute atomic E-state index is 0. The molecule has 4 rings (SSSR count).